The molecule has 2 saturated heterocycles. The van der Waals surface area contributed by atoms with Crippen LogP contribution < -0.4 is 5.32 Å². The Kier molecular flexibility index (Phi) is 6.80. The molecule has 0 atom stereocenters. The fourth-order valence-corrected chi connectivity index (χ4v) is 5.74. The molecule has 0 aliphatic carbocycles. The van der Waals surface area contributed by atoms with Crippen LogP contribution in [0.1, 0.15) is 33.6 Å². The van der Waals surface area contributed by atoms with Crippen molar-refractivity contribution in [1.29, 1.82) is 0 Å². The number of sulfonamides is 1. The van der Waals surface area contributed by atoms with E-state index in [1.165, 1.54) is 22.5 Å². The van der Waals surface area contributed by atoms with Crippen molar-refractivity contribution < 1.29 is 22.7 Å². The molecule has 170 valence electrons. The molecule has 10 heteroatoms. The molecule has 2 aliphatic heterocycles. The molecule has 0 radical (unpaired) electrons. The Labute approximate surface area is 192 Å². The summed E-state index contributed by atoms with van der Waals surface area (Å²) in [6, 6.07) is 10.9. The van der Waals surface area contributed by atoms with Gasteiger partial charge in [-0.1, -0.05) is 23.7 Å². The third-order valence-electron chi connectivity index (χ3n) is 5.58. The quantitative estimate of drug-likeness (QED) is 0.714. The Morgan fingerprint density at radius 2 is 1.66 bits per heavy atom. The minimum Gasteiger partial charge on any atom is -0.379 e. The number of halogens is 1. The van der Waals surface area contributed by atoms with Crippen LogP contribution in [0.25, 0.3) is 0 Å². The third kappa shape index (κ3) is 4.66. The van der Waals surface area contributed by atoms with Crippen molar-refractivity contribution in [1.82, 2.24) is 9.21 Å². The predicted octanol–water partition coefficient (Wildman–Crippen LogP) is 2.85. The second-order valence-electron chi connectivity index (χ2n) is 7.66. The van der Waals surface area contributed by atoms with E-state index >= 15 is 0 Å². The van der Waals surface area contributed by atoms with Crippen LogP contribution in [0.2, 0.25) is 5.02 Å². The van der Waals surface area contributed by atoms with Gasteiger partial charge in [0.1, 0.15) is 4.90 Å². The van der Waals surface area contributed by atoms with E-state index in [4.69, 9.17) is 16.3 Å². The molecule has 0 bridgehead atoms. The average Bonchev–Trinajstić information content (AvgIpc) is 3.35. The normalized spacial score (nSPS) is 17.3. The van der Waals surface area contributed by atoms with Gasteiger partial charge in [-0.3, -0.25) is 9.59 Å². The Morgan fingerprint density at radius 3 is 2.38 bits per heavy atom. The van der Waals surface area contributed by atoms with Gasteiger partial charge in [0.2, 0.25) is 10.0 Å². The van der Waals surface area contributed by atoms with E-state index in [0.29, 0.717) is 37.6 Å². The highest BCUT2D eigenvalue weighted by Crippen LogP contribution is 2.27. The highest BCUT2D eigenvalue weighted by Gasteiger charge is 2.29. The predicted molar refractivity (Wildman–Crippen MR) is 121 cm³/mol. The number of hydrogen-bond donors (Lipinski definition) is 1. The van der Waals surface area contributed by atoms with Crippen LogP contribution in [0.15, 0.2) is 47.4 Å². The summed E-state index contributed by atoms with van der Waals surface area (Å²) in [5.74, 6) is -0.660. The molecule has 32 heavy (non-hydrogen) atoms. The maximum atomic E-state index is 13.0. The van der Waals surface area contributed by atoms with Crippen LogP contribution in [0, 0.1) is 0 Å². The molecule has 2 fully saturated rings. The molecule has 4 rings (SSSR count). The van der Waals surface area contributed by atoms with Crippen molar-refractivity contribution in [2.75, 3.05) is 44.7 Å². The van der Waals surface area contributed by atoms with E-state index in [-0.39, 0.29) is 34.5 Å². The lowest BCUT2D eigenvalue weighted by atomic mass is 10.1. The van der Waals surface area contributed by atoms with Crippen molar-refractivity contribution in [3.63, 3.8) is 0 Å². The molecule has 2 aromatic carbocycles. The summed E-state index contributed by atoms with van der Waals surface area (Å²) >= 11 is 6.19. The van der Waals surface area contributed by atoms with Crippen molar-refractivity contribution in [3.05, 3.63) is 58.6 Å². The van der Waals surface area contributed by atoms with E-state index in [9.17, 15) is 18.0 Å². The van der Waals surface area contributed by atoms with Crippen LogP contribution >= 0.6 is 11.6 Å². The second kappa shape index (κ2) is 9.58. The van der Waals surface area contributed by atoms with Crippen LogP contribution in [0.3, 0.4) is 0 Å². The van der Waals surface area contributed by atoms with Gasteiger partial charge in [-0.2, -0.15) is 4.31 Å². The molecule has 2 heterocycles. The van der Waals surface area contributed by atoms with Gasteiger partial charge in [0.05, 0.1) is 29.5 Å². The molecule has 2 aromatic rings. The topological polar surface area (TPSA) is 96.0 Å². The summed E-state index contributed by atoms with van der Waals surface area (Å²) in [4.78, 5) is 27.5. The lowest BCUT2D eigenvalue weighted by Crippen LogP contribution is -2.40. The molecule has 1 N–H and O–H groups in total. The molecule has 8 nitrogen and oxygen atoms in total. The number of amides is 2. The zero-order chi connectivity index (χ0) is 22.7. The SMILES string of the molecule is O=C(Nc1ccccc1C(=O)N1CCCC1)c1ccc(Cl)c(S(=O)(=O)N2CCOCC2)c1. The second-order valence-corrected chi connectivity index (χ2v) is 9.97. The molecule has 0 unspecified atom stereocenters. The first-order chi connectivity index (χ1) is 15.4. The molecule has 2 aliphatic rings. The number of nitrogens with one attached hydrogen (secondary N) is 1. The Balaban J connectivity index is 1.59. The van der Waals surface area contributed by atoms with Gasteiger partial charge in [0.25, 0.3) is 11.8 Å². The molecule has 0 saturated carbocycles. The largest absolute Gasteiger partial charge is 0.379 e. The first-order valence-electron chi connectivity index (χ1n) is 10.4. The number of nitrogens with zero attached hydrogens (tertiary/aromatic N) is 2. The van der Waals surface area contributed by atoms with E-state index in [0.717, 1.165) is 12.8 Å². The van der Waals surface area contributed by atoms with E-state index in [1.54, 1.807) is 29.2 Å². The summed E-state index contributed by atoms with van der Waals surface area (Å²) in [6.07, 6.45) is 1.93. The Morgan fingerprint density at radius 1 is 0.969 bits per heavy atom. The highest BCUT2D eigenvalue weighted by molar-refractivity contribution is 7.89. The zero-order valence-corrected chi connectivity index (χ0v) is 19.0. The molecule has 0 aromatic heterocycles. The number of para-hydroxylation sites is 1. The van der Waals surface area contributed by atoms with Crippen LogP contribution in [0.4, 0.5) is 5.69 Å². The number of carbonyl (C=O) groups is 2. The molecular formula is C22H24ClN3O5S. The molecule has 2 amide bonds. The maximum absolute atomic E-state index is 13.0. The summed E-state index contributed by atoms with van der Waals surface area (Å²) in [5, 5.41) is 2.79. The van der Waals surface area contributed by atoms with Gasteiger partial charge >= 0.3 is 0 Å². The van der Waals surface area contributed by atoms with Gasteiger partial charge < -0.3 is 15.0 Å². The molecular weight excluding hydrogens is 454 g/mol. The summed E-state index contributed by atoms with van der Waals surface area (Å²) < 4.78 is 32.6. The standard InChI is InChI=1S/C22H24ClN3O5S/c23-18-8-7-16(15-20(18)32(29,30)26-11-13-31-14-12-26)21(27)24-19-6-2-1-5-17(19)22(28)25-9-3-4-10-25/h1-2,5-8,15H,3-4,9-14H2,(H,24,27). The van der Waals surface area contributed by atoms with Gasteiger partial charge in [0.15, 0.2) is 0 Å². The fraction of sp³-hybridized carbons (Fsp3) is 0.364. The van der Waals surface area contributed by atoms with Crippen molar-refractivity contribution in [2.24, 2.45) is 0 Å². The van der Waals surface area contributed by atoms with Gasteiger partial charge in [-0.05, 0) is 43.2 Å². The maximum Gasteiger partial charge on any atom is 0.255 e. The summed E-state index contributed by atoms with van der Waals surface area (Å²) in [7, 11) is -3.87. The number of anilines is 1. The summed E-state index contributed by atoms with van der Waals surface area (Å²) in [5.41, 5.74) is 0.907. The third-order valence-corrected chi connectivity index (χ3v) is 7.96. The average molecular weight is 478 g/mol. The van der Waals surface area contributed by atoms with Gasteiger partial charge in [-0.25, -0.2) is 8.42 Å². The number of rotatable bonds is 5. The number of morpholine rings is 1. The van der Waals surface area contributed by atoms with Crippen LogP contribution in [-0.4, -0.2) is 68.8 Å². The minimum absolute atomic E-state index is 0.0395. The Hall–Kier alpha value is -2.46. The molecule has 0 spiro atoms. The van der Waals surface area contributed by atoms with Crippen molar-refractivity contribution in [2.45, 2.75) is 17.7 Å². The number of ether oxygens (including phenoxy) is 1. The van der Waals surface area contributed by atoms with E-state index in [1.807, 2.05) is 0 Å². The lowest BCUT2D eigenvalue weighted by molar-refractivity contribution is 0.0730. The smallest absolute Gasteiger partial charge is 0.255 e. The van der Waals surface area contributed by atoms with E-state index in [2.05, 4.69) is 5.32 Å². The summed E-state index contributed by atoms with van der Waals surface area (Å²) in [6.45, 7) is 2.45. The number of carbonyl (C=O) groups excluding carboxylic acids is 2. The number of likely N-dealkylation sites (tertiary alicyclic amines) is 1. The lowest BCUT2D eigenvalue weighted by Gasteiger charge is -2.26. The number of benzene rings is 2. The number of hydrogen-bond acceptors (Lipinski definition) is 5. The van der Waals surface area contributed by atoms with Crippen LogP contribution in [0.5, 0.6) is 0 Å². The first-order valence-corrected chi connectivity index (χ1v) is 12.3. The highest BCUT2D eigenvalue weighted by atomic mass is 35.5. The van der Waals surface area contributed by atoms with Crippen molar-refractivity contribution >= 4 is 39.1 Å². The first kappa shape index (κ1) is 22.7. The zero-order valence-electron chi connectivity index (χ0n) is 17.4. The van der Waals surface area contributed by atoms with Gasteiger partial charge in [0, 0.05) is 31.7 Å². The van der Waals surface area contributed by atoms with Crippen LogP contribution in [-0.2, 0) is 14.8 Å². The monoisotopic (exact) mass is 477 g/mol. The fourth-order valence-electron chi connectivity index (χ4n) is 3.83. The van der Waals surface area contributed by atoms with E-state index < -0.39 is 15.9 Å². The van der Waals surface area contributed by atoms with Gasteiger partial charge in [-0.15, -0.1) is 0 Å². The minimum atomic E-state index is -3.87. The van der Waals surface area contributed by atoms with Crippen molar-refractivity contribution in [3.8, 4) is 0 Å². The Bertz CT molecular complexity index is 1130.